The fourth-order valence-electron chi connectivity index (χ4n) is 2.18. The number of anilines is 1. The second-order valence-corrected chi connectivity index (χ2v) is 4.88. The van der Waals surface area contributed by atoms with Crippen LogP contribution in [0, 0.1) is 0 Å². The first-order chi connectivity index (χ1) is 11.3. The fourth-order valence-corrected chi connectivity index (χ4v) is 2.18. The van der Waals surface area contributed by atoms with E-state index in [4.69, 9.17) is 4.74 Å². The molecule has 0 aliphatic rings. The highest BCUT2D eigenvalue weighted by Gasteiger charge is 2.10. The van der Waals surface area contributed by atoms with Gasteiger partial charge >= 0.3 is 0 Å². The van der Waals surface area contributed by atoms with Crippen LogP contribution in [0.2, 0.25) is 0 Å². The van der Waals surface area contributed by atoms with Crippen molar-refractivity contribution in [3.63, 3.8) is 0 Å². The summed E-state index contributed by atoms with van der Waals surface area (Å²) >= 11 is 0. The van der Waals surface area contributed by atoms with Gasteiger partial charge in [-0.2, -0.15) is 5.10 Å². The Morgan fingerprint density at radius 3 is 2.65 bits per heavy atom. The summed E-state index contributed by atoms with van der Waals surface area (Å²) < 4.78 is 6.72. The molecule has 3 rings (SSSR count). The number of aromatic nitrogens is 3. The van der Waals surface area contributed by atoms with Crippen LogP contribution in [0.5, 0.6) is 5.75 Å². The lowest BCUT2D eigenvalue weighted by molar-refractivity contribution is -0.116. The number of ether oxygens (including phenoxy) is 1. The van der Waals surface area contributed by atoms with Gasteiger partial charge in [0.1, 0.15) is 18.6 Å². The molecule has 0 atom stereocenters. The van der Waals surface area contributed by atoms with Crippen LogP contribution in [0.1, 0.15) is 0 Å². The highest BCUT2D eigenvalue weighted by molar-refractivity contribution is 5.92. The van der Waals surface area contributed by atoms with Crippen molar-refractivity contribution in [2.24, 2.45) is 0 Å². The molecule has 6 nitrogen and oxygen atoms in total. The molecule has 2 aromatic carbocycles. The van der Waals surface area contributed by atoms with Crippen LogP contribution in [0.15, 0.2) is 60.9 Å². The molecule has 0 radical (unpaired) electrons. The van der Waals surface area contributed by atoms with Crippen molar-refractivity contribution in [1.29, 1.82) is 0 Å². The van der Waals surface area contributed by atoms with E-state index in [1.807, 2.05) is 42.5 Å². The summed E-state index contributed by atoms with van der Waals surface area (Å²) in [5, 5.41) is 7.12. The molecule has 23 heavy (non-hydrogen) atoms. The Morgan fingerprint density at radius 1 is 1.13 bits per heavy atom. The minimum Gasteiger partial charge on any atom is -0.495 e. The molecule has 0 aliphatic carbocycles. The maximum atomic E-state index is 12.1. The molecule has 6 heteroatoms. The third-order valence-electron chi connectivity index (χ3n) is 3.26. The van der Waals surface area contributed by atoms with Crippen LogP contribution >= 0.6 is 0 Å². The Bertz CT molecular complexity index is 799. The zero-order chi connectivity index (χ0) is 16.1. The lowest BCUT2D eigenvalue weighted by atomic mass is 10.2. The molecule has 0 bridgehead atoms. The number of nitrogens with one attached hydrogen (secondary N) is 1. The van der Waals surface area contributed by atoms with E-state index >= 15 is 0 Å². The van der Waals surface area contributed by atoms with Gasteiger partial charge in [-0.1, -0.05) is 42.5 Å². The van der Waals surface area contributed by atoms with E-state index in [1.165, 1.54) is 4.68 Å². The number of amides is 1. The van der Waals surface area contributed by atoms with E-state index in [2.05, 4.69) is 15.4 Å². The predicted molar refractivity (Wildman–Crippen MR) is 87.1 cm³/mol. The van der Waals surface area contributed by atoms with Crippen LogP contribution in [0.25, 0.3) is 11.4 Å². The lowest BCUT2D eigenvalue weighted by Crippen LogP contribution is -2.19. The first-order valence-corrected chi connectivity index (χ1v) is 7.14. The third kappa shape index (κ3) is 3.55. The van der Waals surface area contributed by atoms with E-state index in [9.17, 15) is 4.79 Å². The molecule has 3 aromatic rings. The van der Waals surface area contributed by atoms with Gasteiger partial charge in [-0.3, -0.25) is 4.79 Å². The smallest absolute Gasteiger partial charge is 0.246 e. The Morgan fingerprint density at radius 2 is 1.87 bits per heavy atom. The molecule has 0 fully saturated rings. The predicted octanol–water partition coefficient (Wildman–Crippen LogP) is 2.59. The lowest BCUT2D eigenvalue weighted by Gasteiger charge is -2.09. The molecule has 1 aromatic heterocycles. The molecule has 1 N–H and O–H groups in total. The number of hydrogen-bond acceptors (Lipinski definition) is 4. The van der Waals surface area contributed by atoms with Crippen molar-refractivity contribution in [3.8, 4) is 17.1 Å². The molecular formula is C17H16N4O2. The Hall–Kier alpha value is -3.15. The zero-order valence-electron chi connectivity index (χ0n) is 12.6. The highest BCUT2D eigenvalue weighted by Crippen LogP contribution is 2.22. The van der Waals surface area contributed by atoms with E-state index in [1.54, 1.807) is 25.6 Å². The molecular weight excluding hydrogens is 292 g/mol. The van der Waals surface area contributed by atoms with E-state index < -0.39 is 0 Å². The van der Waals surface area contributed by atoms with Gasteiger partial charge in [-0.05, 0) is 12.1 Å². The normalized spacial score (nSPS) is 10.3. The van der Waals surface area contributed by atoms with E-state index in [0.29, 0.717) is 17.3 Å². The molecule has 0 saturated heterocycles. The second-order valence-electron chi connectivity index (χ2n) is 4.88. The van der Waals surface area contributed by atoms with Gasteiger partial charge in [0.2, 0.25) is 5.91 Å². The van der Waals surface area contributed by atoms with E-state index in [0.717, 1.165) is 5.56 Å². The maximum Gasteiger partial charge on any atom is 0.246 e. The van der Waals surface area contributed by atoms with Crippen LogP contribution in [-0.2, 0) is 11.3 Å². The molecule has 0 aliphatic heterocycles. The number of hydrogen-bond donors (Lipinski definition) is 1. The molecule has 1 amide bonds. The highest BCUT2D eigenvalue weighted by atomic mass is 16.5. The summed E-state index contributed by atoms with van der Waals surface area (Å²) in [5.41, 5.74) is 1.54. The van der Waals surface area contributed by atoms with Crippen molar-refractivity contribution in [2.45, 2.75) is 6.54 Å². The number of rotatable bonds is 5. The van der Waals surface area contributed by atoms with Gasteiger partial charge in [0.05, 0.1) is 12.8 Å². The standard InChI is InChI=1S/C17H16N4O2/c1-23-15-10-6-5-9-14(15)19-16(22)11-21-12-18-17(20-21)13-7-3-2-4-8-13/h2-10,12H,11H2,1H3,(H,19,22). The van der Waals surface area contributed by atoms with Crippen LogP contribution < -0.4 is 10.1 Å². The van der Waals surface area contributed by atoms with Crippen LogP contribution in [0.3, 0.4) is 0 Å². The molecule has 0 saturated carbocycles. The third-order valence-corrected chi connectivity index (χ3v) is 3.26. The number of methoxy groups -OCH3 is 1. The number of carbonyl (C=O) groups excluding carboxylic acids is 1. The summed E-state index contributed by atoms with van der Waals surface area (Å²) in [5.74, 6) is 1.01. The average Bonchev–Trinajstić information content (AvgIpc) is 3.04. The van der Waals surface area contributed by atoms with Crippen molar-refractivity contribution in [3.05, 3.63) is 60.9 Å². The van der Waals surface area contributed by atoms with Crippen molar-refractivity contribution in [2.75, 3.05) is 12.4 Å². The second kappa shape index (κ2) is 6.74. The van der Waals surface area contributed by atoms with Crippen molar-refractivity contribution >= 4 is 11.6 Å². The quantitative estimate of drug-likeness (QED) is 0.786. The minimum absolute atomic E-state index is 0.0812. The van der Waals surface area contributed by atoms with Gasteiger partial charge in [0, 0.05) is 5.56 Å². The number of carbonyl (C=O) groups is 1. The van der Waals surface area contributed by atoms with Gasteiger partial charge < -0.3 is 10.1 Å². The zero-order valence-corrected chi connectivity index (χ0v) is 12.6. The van der Waals surface area contributed by atoms with Crippen LogP contribution in [-0.4, -0.2) is 27.8 Å². The van der Waals surface area contributed by atoms with Crippen molar-refractivity contribution < 1.29 is 9.53 Å². The van der Waals surface area contributed by atoms with Gasteiger partial charge in [-0.15, -0.1) is 0 Å². The molecule has 0 spiro atoms. The fraction of sp³-hybridized carbons (Fsp3) is 0.118. The monoisotopic (exact) mass is 308 g/mol. The van der Waals surface area contributed by atoms with Gasteiger partial charge in [0.25, 0.3) is 0 Å². The number of para-hydroxylation sites is 2. The molecule has 116 valence electrons. The summed E-state index contributed by atoms with van der Waals surface area (Å²) in [6.07, 6.45) is 1.55. The topological polar surface area (TPSA) is 69.0 Å². The Labute approximate surface area is 133 Å². The maximum absolute atomic E-state index is 12.1. The Balaban J connectivity index is 1.68. The summed E-state index contributed by atoms with van der Waals surface area (Å²) in [6.45, 7) is 0.0812. The van der Waals surface area contributed by atoms with E-state index in [-0.39, 0.29) is 12.5 Å². The van der Waals surface area contributed by atoms with Gasteiger partial charge in [0.15, 0.2) is 5.82 Å². The molecule has 0 unspecified atom stereocenters. The summed E-state index contributed by atoms with van der Waals surface area (Å²) in [7, 11) is 1.56. The number of benzene rings is 2. The molecule has 1 heterocycles. The Kier molecular flexibility index (Phi) is 4.33. The summed E-state index contributed by atoms with van der Waals surface area (Å²) in [6, 6.07) is 16.9. The SMILES string of the molecule is COc1ccccc1NC(=O)Cn1cnc(-c2ccccc2)n1. The largest absolute Gasteiger partial charge is 0.495 e. The van der Waals surface area contributed by atoms with Crippen molar-refractivity contribution in [1.82, 2.24) is 14.8 Å². The summed E-state index contributed by atoms with van der Waals surface area (Å²) in [4.78, 5) is 16.4. The van der Waals surface area contributed by atoms with Gasteiger partial charge in [-0.25, -0.2) is 9.67 Å². The first kappa shape index (κ1) is 14.8. The number of nitrogens with zero attached hydrogens (tertiary/aromatic N) is 3. The average molecular weight is 308 g/mol. The van der Waals surface area contributed by atoms with Crippen LogP contribution in [0.4, 0.5) is 5.69 Å². The minimum atomic E-state index is -0.195. The first-order valence-electron chi connectivity index (χ1n) is 7.14.